The van der Waals surface area contributed by atoms with Crippen LogP contribution in [0.3, 0.4) is 0 Å². The van der Waals surface area contributed by atoms with Crippen molar-refractivity contribution in [1.82, 2.24) is 24.4 Å². The van der Waals surface area contributed by atoms with E-state index in [0.29, 0.717) is 31.7 Å². The quantitative estimate of drug-likeness (QED) is 0.659. The molecular formula is C20H20ClFN6O. The van der Waals surface area contributed by atoms with Crippen LogP contribution in [0.1, 0.15) is 21.7 Å². The van der Waals surface area contributed by atoms with Crippen molar-refractivity contribution in [2.75, 3.05) is 31.1 Å². The Bertz CT molecular complexity index is 1060. The largest absolute Gasteiger partial charge is 0.353 e. The van der Waals surface area contributed by atoms with E-state index >= 15 is 0 Å². The van der Waals surface area contributed by atoms with E-state index in [1.165, 1.54) is 18.5 Å². The predicted octanol–water partition coefficient (Wildman–Crippen LogP) is 3.03. The van der Waals surface area contributed by atoms with Gasteiger partial charge in [-0.15, -0.1) is 0 Å². The first-order valence-electron chi connectivity index (χ1n) is 9.26. The van der Waals surface area contributed by atoms with Gasteiger partial charge in [0.25, 0.3) is 5.91 Å². The zero-order valence-corrected chi connectivity index (χ0v) is 16.9. The Balaban J connectivity index is 1.47. The molecule has 0 N–H and O–H groups in total. The van der Waals surface area contributed by atoms with Crippen LogP contribution in [0, 0.1) is 19.7 Å². The number of halogens is 2. The van der Waals surface area contributed by atoms with Crippen LogP contribution in [-0.4, -0.2) is 56.5 Å². The average molecular weight is 415 g/mol. The molecule has 1 amide bonds. The summed E-state index contributed by atoms with van der Waals surface area (Å²) in [4.78, 5) is 29.6. The molecule has 1 aromatic carbocycles. The van der Waals surface area contributed by atoms with Gasteiger partial charge in [-0.2, -0.15) is 0 Å². The second-order valence-corrected chi connectivity index (χ2v) is 7.33. The topological polar surface area (TPSA) is 67.2 Å². The normalized spacial score (nSPS) is 14.3. The van der Waals surface area contributed by atoms with Crippen LogP contribution in [0.4, 0.5) is 10.2 Å². The summed E-state index contributed by atoms with van der Waals surface area (Å²) in [5.41, 5.74) is 2.30. The zero-order valence-electron chi connectivity index (χ0n) is 16.1. The summed E-state index contributed by atoms with van der Waals surface area (Å²) >= 11 is 6.04. The smallest absolute Gasteiger partial charge is 0.255 e. The van der Waals surface area contributed by atoms with E-state index in [4.69, 9.17) is 11.6 Å². The first-order chi connectivity index (χ1) is 13.9. The van der Waals surface area contributed by atoms with Gasteiger partial charge in [-0.25, -0.2) is 19.3 Å². The minimum atomic E-state index is -0.459. The van der Waals surface area contributed by atoms with Crippen molar-refractivity contribution in [3.05, 3.63) is 64.7 Å². The van der Waals surface area contributed by atoms with E-state index in [0.717, 1.165) is 29.1 Å². The van der Waals surface area contributed by atoms with Crippen molar-refractivity contribution in [2.24, 2.45) is 0 Å². The van der Waals surface area contributed by atoms with Crippen LogP contribution in [0.5, 0.6) is 0 Å². The molecule has 29 heavy (non-hydrogen) atoms. The van der Waals surface area contributed by atoms with E-state index in [1.807, 2.05) is 24.5 Å². The Morgan fingerprint density at radius 1 is 1.03 bits per heavy atom. The van der Waals surface area contributed by atoms with Gasteiger partial charge in [-0.1, -0.05) is 11.6 Å². The summed E-state index contributed by atoms with van der Waals surface area (Å²) in [5, 5.41) is 0.129. The molecule has 3 aromatic rings. The highest BCUT2D eigenvalue weighted by Gasteiger charge is 2.24. The maximum absolute atomic E-state index is 13.2. The van der Waals surface area contributed by atoms with E-state index in [-0.39, 0.29) is 10.9 Å². The number of piperazine rings is 1. The fourth-order valence-corrected chi connectivity index (χ4v) is 3.59. The van der Waals surface area contributed by atoms with E-state index < -0.39 is 5.82 Å². The van der Waals surface area contributed by atoms with Crippen molar-refractivity contribution in [1.29, 1.82) is 0 Å². The van der Waals surface area contributed by atoms with Crippen LogP contribution in [-0.2, 0) is 0 Å². The lowest BCUT2D eigenvalue weighted by atomic mass is 10.1. The van der Waals surface area contributed by atoms with Crippen LogP contribution in [0.25, 0.3) is 5.82 Å². The van der Waals surface area contributed by atoms with Gasteiger partial charge in [-0.05, 0) is 32.0 Å². The van der Waals surface area contributed by atoms with Gasteiger partial charge >= 0.3 is 0 Å². The number of nitrogens with zero attached hydrogens (tertiary/aromatic N) is 6. The highest BCUT2D eigenvalue weighted by molar-refractivity contribution is 6.33. The lowest BCUT2D eigenvalue weighted by Crippen LogP contribution is -2.49. The fraction of sp³-hybridized carbons (Fsp3) is 0.300. The molecule has 0 unspecified atom stereocenters. The molecule has 150 valence electrons. The van der Waals surface area contributed by atoms with Crippen LogP contribution < -0.4 is 4.90 Å². The van der Waals surface area contributed by atoms with Crippen LogP contribution in [0.15, 0.2) is 36.9 Å². The van der Waals surface area contributed by atoms with E-state index in [9.17, 15) is 9.18 Å². The van der Waals surface area contributed by atoms with Crippen LogP contribution in [0.2, 0.25) is 5.02 Å². The maximum atomic E-state index is 13.2. The third-order valence-corrected chi connectivity index (χ3v) is 5.50. The molecule has 0 bridgehead atoms. The Morgan fingerprint density at radius 3 is 2.41 bits per heavy atom. The van der Waals surface area contributed by atoms with Crippen LogP contribution >= 0.6 is 11.6 Å². The number of hydrogen-bond donors (Lipinski definition) is 0. The third-order valence-electron chi connectivity index (χ3n) is 5.19. The molecule has 3 heterocycles. The molecule has 0 aliphatic carbocycles. The Labute approximate surface area is 172 Å². The van der Waals surface area contributed by atoms with Gasteiger partial charge in [0.2, 0.25) is 0 Å². The molecule has 0 radical (unpaired) electrons. The molecule has 2 aromatic heterocycles. The number of imidazole rings is 1. The molecule has 1 fully saturated rings. The first kappa shape index (κ1) is 19.3. The molecule has 7 nitrogen and oxygen atoms in total. The van der Waals surface area contributed by atoms with Gasteiger partial charge in [0.15, 0.2) is 0 Å². The number of rotatable bonds is 3. The molecule has 0 atom stereocenters. The highest BCUT2D eigenvalue weighted by Crippen LogP contribution is 2.22. The van der Waals surface area contributed by atoms with Crippen molar-refractivity contribution in [3.63, 3.8) is 0 Å². The summed E-state index contributed by atoms with van der Waals surface area (Å²) in [6, 6.07) is 5.76. The summed E-state index contributed by atoms with van der Waals surface area (Å²) in [7, 11) is 0. The van der Waals surface area contributed by atoms with Crippen molar-refractivity contribution in [3.8, 4) is 5.82 Å². The van der Waals surface area contributed by atoms with Gasteiger partial charge in [0.1, 0.15) is 30.1 Å². The van der Waals surface area contributed by atoms with Crippen molar-refractivity contribution in [2.45, 2.75) is 13.8 Å². The summed E-state index contributed by atoms with van der Waals surface area (Å²) in [6.07, 6.45) is 3.29. The molecule has 9 heteroatoms. The average Bonchev–Trinajstić information content (AvgIpc) is 3.06. The number of benzene rings is 1. The van der Waals surface area contributed by atoms with Gasteiger partial charge < -0.3 is 9.80 Å². The molecule has 4 rings (SSSR count). The first-order valence-corrected chi connectivity index (χ1v) is 9.64. The second-order valence-electron chi connectivity index (χ2n) is 6.92. The molecular weight excluding hydrogens is 395 g/mol. The van der Waals surface area contributed by atoms with Crippen molar-refractivity contribution < 1.29 is 9.18 Å². The maximum Gasteiger partial charge on any atom is 0.255 e. The second kappa shape index (κ2) is 7.79. The number of aromatic nitrogens is 4. The Hall–Kier alpha value is -3.00. The summed E-state index contributed by atoms with van der Waals surface area (Å²) in [5.74, 6) is 0.902. The van der Waals surface area contributed by atoms with Gasteiger partial charge in [0, 0.05) is 37.9 Å². The number of carbonyl (C=O) groups excluding carboxylic acids is 1. The minimum Gasteiger partial charge on any atom is -0.353 e. The predicted molar refractivity (Wildman–Crippen MR) is 108 cm³/mol. The van der Waals surface area contributed by atoms with Gasteiger partial charge in [0.05, 0.1) is 16.3 Å². The highest BCUT2D eigenvalue weighted by atomic mass is 35.5. The monoisotopic (exact) mass is 414 g/mol. The number of carbonyl (C=O) groups is 1. The van der Waals surface area contributed by atoms with Gasteiger partial charge in [-0.3, -0.25) is 9.36 Å². The number of amides is 1. The molecule has 0 spiro atoms. The number of hydrogen-bond acceptors (Lipinski definition) is 5. The van der Waals surface area contributed by atoms with Crippen molar-refractivity contribution >= 4 is 23.3 Å². The number of anilines is 1. The standard InChI is InChI=1S/C20H20ClFN6O/c1-13-14(2)28(12-25-13)19-10-18(23-11-24-19)26-5-7-27(8-6-26)20(29)16-4-3-15(22)9-17(16)21/h3-4,9-12H,5-8H2,1-2H3. The lowest BCUT2D eigenvalue weighted by Gasteiger charge is -2.35. The Kier molecular flexibility index (Phi) is 5.19. The summed E-state index contributed by atoms with van der Waals surface area (Å²) < 4.78 is 15.2. The van der Waals surface area contributed by atoms with E-state index in [2.05, 4.69) is 19.9 Å². The zero-order chi connectivity index (χ0) is 20.5. The summed E-state index contributed by atoms with van der Waals surface area (Å²) in [6.45, 7) is 6.25. The lowest BCUT2D eigenvalue weighted by molar-refractivity contribution is 0.0746. The molecule has 0 saturated carbocycles. The Morgan fingerprint density at radius 2 is 1.76 bits per heavy atom. The minimum absolute atomic E-state index is 0.129. The fourth-order valence-electron chi connectivity index (χ4n) is 3.34. The third kappa shape index (κ3) is 3.80. The molecule has 1 saturated heterocycles. The molecule has 1 aliphatic rings. The van der Waals surface area contributed by atoms with E-state index in [1.54, 1.807) is 11.2 Å². The molecule has 1 aliphatic heterocycles. The number of aryl methyl sites for hydroxylation is 1. The SMILES string of the molecule is Cc1ncn(-c2cc(N3CCN(C(=O)c4ccc(F)cc4Cl)CC3)ncn2)c1C.